The molecule has 0 N–H and O–H groups in total. The van der Waals surface area contributed by atoms with Crippen LogP contribution in [0.1, 0.15) is 69.5 Å². The first-order valence-corrected chi connectivity index (χ1v) is 44.5. The lowest BCUT2D eigenvalue weighted by atomic mass is 9.67. The Morgan fingerprint density at radius 2 is 0.414 bits per heavy atom. The second-order valence-corrected chi connectivity index (χ2v) is 35.1. The molecule has 0 aliphatic heterocycles. The summed E-state index contributed by atoms with van der Waals surface area (Å²) < 4.78 is 7.33. The molecule has 3 heterocycles. The Kier molecular flexibility index (Phi) is 17.7. The van der Waals surface area contributed by atoms with E-state index in [0.717, 1.165) is 11.4 Å². The number of nitrogens with zero attached hydrogens (tertiary/aromatic N) is 6. The maximum Gasteiger partial charge on any atom is 0.0726 e. The molecule has 3 aromatic heterocycles. The first-order chi connectivity index (χ1) is 63.0. The van der Waals surface area contributed by atoms with Crippen LogP contribution in [0.2, 0.25) is 0 Å². The minimum absolute atomic E-state index is 0.0216. The summed E-state index contributed by atoms with van der Waals surface area (Å²) in [5.41, 5.74) is 41.2. The van der Waals surface area contributed by atoms with Crippen LogP contribution in [-0.4, -0.2) is 34.8 Å². The molecular weight excluding hydrogens is 1550 g/mol. The van der Waals surface area contributed by atoms with Crippen LogP contribution < -0.4 is 14.7 Å². The SMILES string of the molecule is CN(c1ccccc1)c1ccc2c(c1)c1ccccc1n2-c1ccc2c(c1)C(C)(C)c1ccccc1-2.CN(c1ccccc1)c1ccc2c(c1)c1ccccc1n2-c1ccc2c(c1)C(c1ccccc1)(c1ccccc1)c1ccccc1-2.CN(c1ccccc1)c1ccc2c(c1)c1ccccc1n2-c1ccc2c(c1)C1(c3ccccc3-c3ccccc31)c1ccccc1-2. The average molecular weight is 1640 g/mol. The third-order valence-electron chi connectivity index (χ3n) is 28.3. The van der Waals surface area contributed by atoms with Crippen molar-refractivity contribution in [3.05, 3.63) is 511 Å². The highest BCUT2D eigenvalue weighted by atomic mass is 15.1. The zero-order valence-electron chi connectivity index (χ0n) is 72.0. The molecule has 22 aromatic rings. The molecule has 608 valence electrons. The molecule has 0 saturated heterocycles. The van der Waals surface area contributed by atoms with E-state index in [-0.39, 0.29) is 10.8 Å². The Balaban J connectivity index is 0.000000108. The fourth-order valence-electron chi connectivity index (χ4n) is 22.4. The number of rotatable bonds is 11. The van der Waals surface area contributed by atoms with Crippen molar-refractivity contribution in [2.75, 3.05) is 35.8 Å². The van der Waals surface area contributed by atoms with Crippen molar-refractivity contribution in [3.63, 3.8) is 0 Å². The predicted octanol–water partition coefficient (Wildman–Crippen LogP) is 30.7. The van der Waals surface area contributed by atoms with E-state index in [1.54, 1.807) is 0 Å². The van der Waals surface area contributed by atoms with Crippen LogP contribution in [-0.2, 0) is 16.2 Å². The molecule has 0 atom stereocenters. The molecule has 0 radical (unpaired) electrons. The van der Waals surface area contributed by atoms with Crippen molar-refractivity contribution in [2.45, 2.75) is 30.1 Å². The van der Waals surface area contributed by atoms with Gasteiger partial charge in [0.1, 0.15) is 0 Å². The second kappa shape index (κ2) is 29.9. The Morgan fingerprint density at radius 1 is 0.172 bits per heavy atom. The molecule has 0 amide bonds. The number of fused-ring (bicyclic) bond motifs is 25. The van der Waals surface area contributed by atoms with E-state index in [1.807, 2.05) is 0 Å². The summed E-state index contributed by atoms with van der Waals surface area (Å²) >= 11 is 0. The summed E-state index contributed by atoms with van der Waals surface area (Å²) in [5.74, 6) is 0. The Morgan fingerprint density at radius 3 is 0.758 bits per heavy atom. The smallest absolute Gasteiger partial charge is 0.0726 e. The van der Waals surface area contributed by atoms with E-state index in [2.05, 4.69) is 518 Å². The van der Waals surface area contributed by atoms with Gasteiger partial charge in [-0.2, -0.15) is 0 Å². The maximum absolute atomic E-state index is 2.48. The third kappa shape index (κ3) is 11.4. The van der Waals surface area contributed by atoms with Gasteiger partial charge >= 0.3 is 0 Å². The van der Waals surface area contributed by atoms with Crippen LogP contribution in [0.4, 0.5) is 34.1 Å². The minimum atomic E-state index is -0.436. The van der Waals surface area contributed by atoms with Gasteiger partial charge in [-0.25, -0.2) is 0 Å². The highest BCUT2D eigenvalue weighted by Gasteiger charge is 2.52. The highest BCUT2D eigenvalue weighted by Crippen LogP contribution is 2.64. The maximum atomic E-state index is 2.48. The lowest BCUT2D eigenvalue weighted by Gasteiger charge is -2.34. The summed E-state index contributed by atoms with van der Waals surface area (Å²) in [7, 11) is 6.42. The molecule has 0 fully saturated rings. The summed E-state index contributed by atoms with van der Waals surface area (Å²) in [6.45, 7) is 4.69. The Bertz CT molecular complexity index is 7790. The summed E-state index contributed by atoms with van der Waals surface area (Å²) in [6, 6.07) is 167. The van der Waals surface area contributed by atoms with Crippen molar-refractivity contribution >= 4 is 99.5 Å². The van der Waals surface area contributed by atoms with Crippen molar-refractivity contribution in [3.8, 4) is 61.6 Å². The number of aromatic nitrogens is 3. The summed E-state index contributed by atoms with van der Waals surface area (Å²) in [5, 5.41) is 7.56. The number of hydrogen-bond donors (Lipinski definition) is 0. The Hall–Kier alpha value is -16.0. The molecule has 26 rings (SSSR count). The van der Waals surface area contributed by atoms with Crippen molar-refractivity contribution in [1.29, 1.82) is 0 Å². The summed E-state index contributed by atoms with van der Waals surface area (Å²) in [4.78, 5) is 6.77. The fraction of sp³-hybridized carbons (Fsp3) is 0.0656. The van der Waals surface area contributed by atoms with Crippen molar-refractivity contribution < 1.29 is 0 Å². The third-order valence-corrected chi connectivity index (χ3v) is 28.3. The summed E-state index contributed by atoms with van der Waals surface area (Å²) in [6.07, 6.45) is 0. The second-order valence-electron chi connectivity index (χ2n) is 35.1. The molecule has 4 aliphatic carbocycles. The number of anilines is 6. The first-order valence-electron chi connectivity index (χ1n) is 44.5. The highest BCUT2D eigenvalue weighted by molar-refractivity contribution is 6.13. The van der Waals surface area contributed by atoms with Gasteiger partial charge in [-0.3, -0.25) is 0 Å². The molecule has 1 spiro atoms. The van der Waals surface area contributed by atoms with Gasteiger partial charge in [0.05, 0.1) is 43.9 Å². The number of hydrogen-bond acceptors (Lipinski definition) is 3. The number of para-hydroxylation sites is 6. The first kappa shape index (κ1) is 75.7. The van der Waals surface area contributed by atoms with Gasteiger partial charge in [-0.05, 0) is 246 Å². The number of benzene rings is 19. The monoisotopic (exact) mass is 1640 g/mol. The van der Waals surface area contributed by atoms with Gasteiger partial charge in [-0.15, -0.1) is 0 Å². The molecule has 128 heavy (non-hydrogen) atoms. The van der Waals surface area contributed by atoms with Crippen LogP contribution >= 0.6 is 0 Å². The topological polar surface area (TPSA) is 24.5 Å². The van der Waals surface area contributed by atoms with Crippen LogP contribution in [0, 0.1) is 0 Å². The normalized spacial score (nSPS) is 13.4. The molecule has 19 aromatic carbocycles. The van der Waals surface area contributed by atoms with Crippen LogP contribution in [0.3, 0.4) is 0 Å². The van der Waals surface area contributed by atoms with Gasteiger partial charge in [0.25, 0.3) is 0 Å². The van der Waals surface area contributed by atoms with E-state index in [0.29, 0.717) is 0 Å². The van der Waals surface area contributed by atoms with E-state index in [1.165, 1.54) is 205 Å². The molecular formula is C122H90N6. The molecule has 6 heteroatoms. The lowest BCUT2D eigenvalue weighted by molar-refractivity contribution is 0.660. The van der Waals surface area contributed by atoms with E-state index >= 15 is 0 Å². The molecule has 0 saturated carbocycles. The van der Waals surface area contributed by atoms with Crippen LogP contribution in [0.15, 0.2) is 455 Å². The fourth-order valence-corrected chi connectivity index (χ4v) is 22.4. The molecule has 4 aliphatic rings. The molecule has 6 nitrogen and oxygen atoms in total. The van der Waals surface area contributed by atoms with Crippen molar-refractivity contribution in [1.82, 2.24) is 13.7 Å². The van der Waals surface area contributed by atoms with Gasteiger partial charge in [-0.1, -0.05) is 323 Å². The molecule has 0 unspecified atom stereocenters. The van der Waals surface area contributed by atoms with Crippen LogP contribution in [0.25, 0.3) is 127 Å². The van der Waals surface area contributed by atoms with Gasteiger partial charge in [0.2, 0.25) is 0 Å². The zero-order valence-corrected chi connectivity index (χ0v) is 72.0. The van der Waals surface area contributed by atoms with Gasteiger partial charge in [0.15, 0.2) is 0 Å². The van der Waals surface area contributed by atoms with Gasteiger partial charge < -0.3 is 28.4 Å². The van der Waals surface area contributed by atoms with E-state index < -0.39 is 5.41 Å². The molecule has 0 bridgehead atoms. The van der Waals surface area contributed by atoms with Crippen LogP contribution in [0.5, 0.6) is 0 Å². The van der Waals surface area contributed by atoms with E-state index in [9.17, 15) is 0 Å². The van der Waals surface area contributed by atoms with Gasteiger partial charge in [0, 0.05) is 110 Å². The largest absolute Gasteiger partial charge is 0.345 e. The standard InChI is InChI=1S/C44H30N2.C44H32N2.C34H28N2/c1-45(29-13-3-2-4-14-29)30-24-26-43-37(27-30)36-18-8-12-22-42(36)46(43)31-23-25-35-34-17-7-11-21-40(34)44(41(35)28-31)38-19-9-5-15-32(38)33-16-6-10-20-39(33)44;1-45(33-19-9-4-10-20-33)34-26-28-43-39(29-34)38-22-12-14-24-42(38)46(43)35-25-27-37-36-21-11-13-23-40(36)44(41(37)30-35,31-15-5-2-6-16-31)32-17-7-3-8-18-32;1-34(2)30-15-9-7-13-26(30)27-19-17-25(22-31(27)34)36-32-16-10-8-14-28(32)29-21-24(18-20-33(29)36)35(3)23-11-5-4-6-12-23/h2-28H,1H3;2-30H,1H3;4-22H,1-3H3. The minimum Gasteiger partial charge on any atom is -0.345 e. The Labute approximate surface area is 746 Å². The average Bonchev–Trinajstić information content (AvgIpc) is 1.52. The lowest BCUT2D eigenvalue weighted by Crippen LogP contribution is -2.28. The van der Waals surface area contributed by atoms with Crippen molar-refractivity contribution in [2.24, 2.45) is 0 Å². The quantitative estimate of drug-likeness (QED) is 0.129. The zero-order chi connectivity index (χ0) is 85.5. The predicted molar refractivity (Wildman–Crippen MR) is 537 cm³/mol. The van der Waals surface area contributed by atoms with E-state index in [4.69, 9.17) is 0 Å².